The van der Waals surface area contributed by atoms with Crippen molar-refractivity contribution >= 4 is 11.8 Å². The van der Waals surface area contributed by atoms with Crippen molar-refractivity contribution in [3.8, 4) is 0 Å². The van der Waals surface area contributed by atoms with Gasteiger partial charge in [-0.3, -0.25) is 14.5 Å². The first-order chi connectivity index (χ1) is 14.0. The minimum Gasteiger partial charge on any atom is -0.480 e. The zero-order valence-electron chi connectivity index (χ0n) is 21.4. The van der Waals surface area contributed by atoms with Crippen molar-refractivity contribution in [1.82, 2.24) is 10.2 Å². The van der Waals surface area contributed by atoms with Crippen LogP contribution in [0.15, 0.2) is 0 Å². The van der Waals surface area contributed by atoms with Gasteiger partial charge in [-0.15, -0.1) is 0 Å². The lowest BCUT2D eigenvalue weighted by molar-refractivity contribution is -0.143. The number of carboxylic acids is 1. The Morgan fingerprint density at radius 2 is 1.38 bits per heavy atom. The molecule has 2 aliphatic rings. The molecule has 0 radical (unpaired) electrons. The molecule has 2 heterocycles. The number of carbonyl (C=O) groups is 2. The van der Waals surface area contributed by atoms with Crippen LogP contribution < -0.4 is 5.32 Å². The summed E-state index contributed by atoms with van der Waals surface area (Å²) in [5.41, 5.74) is 0. The van der Waals surface area contributed by atoms with Crippen molar-refractivity contribution in [3.63, 3.8) is 0 Å². The summed E-state index contributed by atoms with van der Waals surface area (Å²) in [4.78, 5) is 23.5. The van der Waals surface area contributed by atoms with Gasteiger partial charge in [0.25, 0.3) is 0 Å². The number of nitrogens with one attached hydrogen (secondary N) is 1. The van der Waals surface area contributed by atoms with Gasteiger partial charge in [0.05, 0.1) is 6.04 Å². The van der Waals surface area contributed by atoms with E-state index in [1.807, 2.05) is 60.4 Å². The summed E-state index contributed by atoms with van der Waals surface area (Å²) in [6.07, 6.45) is 8.43. The fraction of sp³-hybridized carbons (Fsp3) is 0.917. The number of Topliss-reactive ketones (excluding diaryl/α,β-unsaturated/α-hetero) is 1. The van der Waals surface area contributed by atoms with E-state index < -0.39 is 5.97 Å². The summed E-state index contributed by atoms with van der Waals surface area (Å²) in [7, 11) is 1.87. The second-order valence-electron chi connectivity index (χ2n) is 6.36. The van der Waals surface area contributed by atoms with Crippen molar-refractivity contribution in [1.29, 1.82) is 0 Å². The number of piperidine rings is 2. The zero-order valence-corrected chi connectivity index (χ0v) is 21.4. The van der Waals surface area contributed by atoms with Crippen LogP contribution in [0.3, 0.4) is 0 Å². The van der Waals surface area contributed by atoms with E-state index in [4.69, 9.17) is 5.11 Å². The lowest BCUT2D eigenvalue weighted by Crippen LogP contribution is -2.41. The van der Waals surface area contributed by atoms with Gasteiger partial charge in [-0.2, -0.15) is 0 Å². The lowest BCUT2D eigenvalue weighted by Gasteiger charge is -2.28. The minimum atomic E-state index is -0.679. The van der Waals surface area contributed by atoms with E-state index in [1.54, 1.807) is 0 Å². The SMILES string of the molecule is CC.CC.CC.CCC.CCC(=O)C1CCCCN1.CN1CCCCC1C(=O)O. The summed E-state index contributed by atoms with van der Waals surface area (Å²) in [5.74, 6) is -0.304. The molecule has 2 unspecified atom stereocenters. The highest BCUT2D eigenvalue weighted by Gasteiger charge is 2.24. The van der Waals surface area contributed by atoms with E-state index in [0.29, 0.717) is 12.2 Å². The molecule has 2 atom stereocenters. The average Bonchev–Trinajstić information content (AvgIpc) is 2.79. The molecular formula is C24H54N2O3. The maximum absolute atomic E-state index is 11.1. The van der Waals surface area contributed by atoms with Crippen LogP contribution >= 0.6 is 0 Å². The largest absolute Gasteiger partial charge is 0.480 e. The number of carbonyl (C=O) groups excluding carboxylic acids is 1. The molecule has 2 fully saturated rings. The molecule has 5 heteroatoms. The maximum Gasteiger partial charge on any atom is 0.320 e. The highest BCUT2D eigenvalue weighted by atomic mass is 16.4. The number of rotatable bonds is 3. The maximum atomic E-state index is 11.1. The highest BCUT2D eigenvalue weighted by molar-refractivity contribution is 5.83. The fourth-order valence-corrected chi connectivity index (χ4v) is 2.76. The van der Waals surface area contributed by atoms with Crippen molar-refractivity contribution in [2.75, 3.05) is 20.1 Å². The molecular weight excluding hydrogens is 364 g/mol. The Morgan fingerprint density at radius 3 is 1.69 bits per heavy atom. The Kier molecular flexibility index (Phi) is 35.8. The molecule has 0 amide bonds. The van der Waals surface area contributed by atoms with Crippen molar-refractivity contribution in [2.45, 2.75) is 126 Å². The van der Waals surface area contributed by atoms with Gasteiger partial charge < -0.3 is 10.4 Å². The molecule has 0 bridgehead atoms. The van der Waals surface area contributed by atoms with Crippen molar-refractivity contribution < 1.29 is 14.7 Å². The summed E-state index contributed by atoms with van der Waals surface area (Å²) < 4.78 is 0. The number of hydrogen-bond acceptors (Lipinski definition) is 4. The first-order valence-corrected chi connectivity index (χ1v) is 12.2. The van der Waals surface area contributed by atoms with Crippen LogP contribution in [-0.2, 0) is 9.59 Å². The lowest BCUT2D eigenvalue weighted by atomic mass is 10.00. The van der Waals surface area contributed by atoms with Gasteiger partial charge in [-0.05, 0) is 45.8 Å². The van der Waals surface area contributed by atoms with Crippen LogP contribution in [0.2, 0.25) is 0 Å². The Balaban J connectivity index is -0.000000155. The van der Waals surface area contributed by atoms with E-state index >= 15 is 0 Å². The summed E-state index contributed by atoms with van der Waals surface area (Å²) in [6.45, 7) is 20.1. The van der Waals surface area contributed by atoms with Gasteiger partial charge in [-0.1, -0.05) is 81.6 Å². The molecule has 0 saturated carbocycles. The van der Waals surface area contributed by atoms with E-state index in [0.717, 1.165) is 38.8 Å². The monoisotopic (exact) mass is 418 g/mol. The van der Waals surface area contributed by atoms with Crippen molar-refractivity contribution in [2.24, 2.45) is 0 Å². The van der Waals surface area contributed by atoms with Crippen LogP contribution in [0.1, 0.15) is 114 Å². The molecule has 29 heavy (non-hydrogen) atoms. The zero-order chi connectivity index (χ0) is 23.7. The predicted molar refractivity (Wildman–Crippen MR) is 129 cm³/mol. The molecule has 0 aromatic rings. The Bertz CT molecular complexity index is 330. The standard InChI is InChI=1S/C8H15NO.C7H13NO2.C3H8.3C2H6/c1-2-8(10)7-5-3-4-6-9-7;1-8-5-3-2-4-6(8)7(9)10;1-3-2;3*1-2/h7,9H,2-6H2,1H3;6H,2-5H2,1H3,(H,9,10);3H2,1-2H3;3*1-2H3. The normalized spacial score (nSPS) is 20.1. The van der Waals surface area contributed by atoms with Crippen LogP contribution in [0.5, 0.6) is 0 Å². The van der Waals surface area contributed by atoms with Gasteiger partial charge >= 0.3 is 5.97 Å². The van der Waals surface area contributed by atoms with E-state index in [-0.39, 0.29) is 12.1 Å². The van der Waals surface area contributed by atoms with Crippen LogP contribution in [0.4, 0.5) is 0 Å². The highest BCUT2D eigenvalue weighted by Crippen LogP contribution is 2.14. The molecule has 2 N–H and O–H groups in total. The molecule has 2 saturated heterocycles. The second-order valence-corrected chi connectivity index (χ2v) is 6.36. The smallest absolute Gasteiger partial charge is 0.320 e. The van der Waals surface area contributed by atoms with E-state index in [2.05, 4.69) is 19.2 Å². The minimum absolute atomic E-state index is 0.179. The number of carboxylic acid groups (broad SMARTS) is 1. The summed E-state index contributed by atoms with van der Waals surface area (Å²) in [6, 6.07) is -0.0486. The summed E-state index contributed by atoms with van der Waals surface area (Å²) >= 11 is 0. The third-order valence-electron chi connectivity index (χ3n) is 4.10. The molecule has 5 nitrogen and oxygen atoms in total. The molecule has 0 aliphatic carbocycles. The quantitative estimate of drug-likeness (QED) is 0.574. The average molecular weight is 419 g/mol. The first-order valence-electron chi connectivity index (χ1n) is 12.2. The third kappa shape index (κ3) is 21.6. The topological polar surface area (TPSA) is 69.6 Å². The van der Waals surface area contributed by atoms with Crippen LogP contribution in [-0.4, -0.2) is 54.0 Å². The van der Waals surface area contributed by atoms with Gasteiger partial charge in [0.15, 0.2) is 0 Å². The van der Waals surface area contributed by atoms with E-state index in [1.165, 1.54) is 19.3 Å². The number of likely N-dealkylation sites (N-methyl/N-ethyl adjacent to an activating group) is 1. The van der Waals surface area contributed by atoms with Crippen LogP contribution in [0, 0.1) is 0 Å². The van der Waals surface area contributed by atoms with Gasteiger partial charge in [0, 0.05) is 6.42 Å². The first kappa shape index (κ1) is 35.5. The number of likely N-dealkylation sites (tertiary alicyclic amines) is 1. The molecule has 178 valence electrons. The van der Waals surface area contributed by atoms with Crippen molar-refractivity contribution in [3.05, 3.63) is 0 Å². The molecule has 2 rings (SSSR count). The van der Waals surface area contributed by atoms with Gasteiger partial charge in [-0.25, -0.2) is 0 Å². The molecule has 0 aromatic carbocycles. The number of aliphatic carboxylic acids is 1. The Morgan fingerprint density at radius 1 is 0.897 bits per heavy atom. The Labute approximate surface area is 183 Å². The second kappa shape index (κ2) is 29.3. The van der Waals surface area contributed by atoms with E-state index in [9.17, 15) is 9.59 Å². The number of ketones is 1. The fourth-order valence-electron chi connectivity index (χ4n) is 2.76. The number of hydrogen-bond donors (Lipinski definition) is 2. The molecule has 0 spiro atoms. The Hall–Kier alpha value is -0.940. The predicted octanol–water partition coefficient (Wildman–Crippen LogP) is 6.16. The third-order valence-corrected chi connectivity index (χ3v) is 4.10. The summed E-state index contributed by atoms with van der Waals surface area (Å²) in [5, 5.41) is 11.9. The number of nitrogens with zero attached hydrogens (tertiary/aromatic N) is 1. The molecule has 0 aromatic heterocycles. The van der Waals surface area contributed by atoms with Crippen LogP contribution in [0.25, 0.3) is 0 Å². The van der Waals surface area contributed by atoms with Gasteiger partial charge in [0.2, 0.25) is 0 Å². The molecule has 2 aliphatic heterocycles. The van der Waals surface area contributed by atoms with Gasteiger partial charge in [0.1, 0.15) is 11.8 Å².